The highest BCUT2D eigenvalue weighted by molar-refractivity contribution is 5.85. The van der Waals surface area contributed by atoms with Crippen molar-refractivity contribution < 1.29 is 8.78 Å². The summed E-state index contributed by atoms with van der Waals surface area (Å²) in [6, 6.07) is 5.59. The first-order valence-corrected chi connectivity index (χ1v) is 6.55. The van der Waals surface area contributed by atoms with Gasteiger partial charge in [0.25, 0.3) is 0 Å². The normalized spacial score (nSPS) is 11.0. The molecule has 0 saturated carbocycles. The van der Waals surface area contributed by atoms with Crippen LogP contribution in [0.1, 0.15) is 6.92 Å². The smallest absolute Gasteiger partial charge is 0.189 e. The highest BCUT2D eigenvalue weighted by Crippen LogP contribution is 2.30. The molecule has 3 aromatic rings. The fourth-order valence-corrected chi connectivity index (χ4v) is 2.44. The predicted octanol–water partition coefficient (Wildman–Crippen LogP) is 3.36. The van der Waals surface area contributed by atoms with Gasteiger partial charge in [-0.3, -0.25) is 9.78 Å². The van der Waals surface area contributed by atoms with E-state index in [0.717, 1.165) is 6.07 Å². The van der Waals surface area contributed by atoms with Gasteiger partial charge < -0.3 is 4.57 Å². The molecule has 1 aromatic carbocycles. The number of nitrogens with zero attached hydrogens (tertiary/aromatic N) is 2. The first-order valence-electron chi connectivity index (χ1n) is 6.55. The Morgan fingerprint density at radius 2 is 2.10 bits per heavy atom. The zero-order valence-electron chi connectivity index (χ0n) is 11.3. The van der Waals surface area contributed by atoms with E-state index in [0.29, 0.717) is 12.1 Å². The van der Waals surface area contributed by atoms with Crippen LogP contribution in [-0.2, 0) is 6.54 Å². The van der Waals surface area contributed by atoms with Gasteiger partial charge in [-0.1, -0.05) is 6.07 Å². The van der Waals surface area contributed by atoms with Crippen LogP contribution < -0.4 is 5.43 Å². The fourth-order valence-electron chi connectivity index (χ4n) is 2.44. The number of hydrogen-bond acceptors (Lipinski definition) is 2. The van der Waals surface area contributed by atoms with Crippen LogP contribution in [0, 0.1) is 11.6 Å². The van der Waals surface area contributed by atoms with Crippen molar-refractivity contribution in [3.05, 3.63) is 64.7 Å². The van der Waals surface area contributed by atoms with E-state index < -0.39 is 17.1 Å². The molecule has 21 heavy (non-hydrogen) atoms. The van der Waals surface area contributed by atoms with Crippen LogP contribution in [0.2, 0.25) is 0 Å². The number of hydrogen-bond donors (Lipinski definition) is 0. The summed E-state index contributed by atoms with van der Waals surface area (Å²) in [4.78, 5) is 15.7. The molecule has 0 spiro atoms. The molecule has 0 bridgehead atoms. The number of benzene rings is 1. The van der Waals surface area contributed by atoms with Crippen LogP contribution in [0.15, 0.2) is 47.7 Å². The molecule has 0 unspecified atom stereocenters. The van der Waals surface area contributed by atoms with E-state index in [1.54, 1.807) is 16.7 Å². The zero-order chi connectivity index (χ0) is 15.0. The number of rotatable bonds is 2. The molecule has 2 heterocycles. The lowest BCUT2D eigenvalue weighted by Gasteiger charge is -2.12. The number of halogens is 2. The standard InChI is InChI=1S/C16H12F2N2O/c1-2-20-7-5-13(21)11-8-12(17)14(15(18)16(11)20)10-4-3-6-19-9-10/h3-9H,2H2,1H3. The zero-order valence-corrected chi connectivity index (χ0v) is 11.3. The van der Waals surface area contributed by atoms with Gasteiger partial charge in [-0.25, -0.2) is 8.78 Å². The van der Waals surface area contributed by atoms with Crippen LogP contribution in [0.25, 0.3) is 22.0 Å². The Bertz CT molecular complexity index is 873. The summed E-state index contributed by atoms with van der Waals surface area (Å²) in [5.74, 6) is -1.50. The molecule has 0 aliphatic carbocycles. The minimum atomic E-state index is -0.765. The minimum Gasteiger partial charge on any atom is -0.345 e. The van der Waals surface area contributed by atoms with Crippen LogP contribution >= 0.6 is 0 Å². The van der Waals surface area contributed by atoms with Gasteiger partial charge in [-0.15, -0.1) is 0 Å². The molecule has 2 aromatic heterocycles. The van der Waals surface area contributed by atoms with E-state index in [2.05, 4.69) is 4.98 Å². The van der Waals surface area contributed by atoms with E-state index in [-0.39, 0.29) is 16.5 Å². The van der Waals surface area contributed by atoms with E-state index in [1.807, 2.05) is 6.92 Å². The van der Waals surface area contributed by atoms with Crippen LogP contribution in [0.5, 0.6) is 0 Å². The number of fused-ring (bicyclic) bond motifs is 1. The molecule has 0 atom stereocenters. The molecular formula is C16H12F2N2O. The Kier molecular flexibility index (Phi) is 3.25. The highest BCUT2D eigenvalue weighted by atomic mass is 19.1. The SMILES string of the molecule is CCn1ccc(=O)c2cc(F)c(-c3cccnc3)c(F)c21. The third-order valence-corrected chi connectivity index (χ3v) is 3.44. The number of pyridine rings is 2. The van der Waals surface area contributed by atoms with Crippen molar-refractivity contribution in [2.45, 2.75) is 13.5 Å². The summed E-state index contributed by atoms with van der Waals surface area (Å²) in [7, 11) is 0. The first-order chi connectivity index (χ1) is 10.1. The Morgan fingerprint density at radius 1 is 1.29 bits per heavy atom. The van der Waals surface area contributed by atoms with Gasteiger partial charge in [0, 0.05) is 36.8 Å². The molecule has 0 N–H and O–H groups in total. The maximum Gasteiger partial charge on any atom is 0.189 e. The van der Waals surface area contributed by atoms with Gasteiger partial charge in [0.05, 0.1) is 16.5 Å². The van der Waals surface area contributed by atoms with Gasteiger partial charge in [0.2, 0.25) is 0 Å². The van der Waals surface area contributed by atoms with Gasteiger partial charge >= 0.3 is 0 Å². The average Bonchev–Trinajstić information content (AvgIpc) is 2.49. The summed E-state index contributed by atoms with van der Waals surface area (Å²) in [6.45, 7) is 2.31. The summed E-state index contributed by atoms with van der Waals surface area (Å²) in [5.41, 5.74) is -0.104. The van der Waals surface area contributed by atoms with Gasteiger partial charge in [-0.05, 0) is 19.1 Å². The Hall–Kier alpha value is -2.56. The molecule has 0 aliphatic heterocycles. The van der Waals surface area contributed by atoms with Gasteiger partial charge in [0.1, 0.15) is 5.82 Å². The minimum absolute atomic E-state index is 0.0435. The average molecular weight is 286 g/mol. The van der Waals surface area contributed by atoms with E-state index in [1.165, 1.54) is 24.7 Å². The largest absolute Gasteiger partial charge is 0.345 e. The summed E-state index contributed by atoms with van der Waals surface area (Å²) in [6.07, 6.45) is 4.44. The molecule has 5 heteroatoms. The lowest BCUT2D eigenvalue weighted by Crippen LogP contribution is -2.10. The Balaban J connectivity index is 2.46. The van der Waals surface area contributed by atoms with Crippen molar-refractivity contribution in [1.29, 1.82) is 0 Å². The number of aromatic nitrogens is 2. The third kappa shape index (κ3) is 2.11. The van der Waals surface area contributed by atoms with E-state index in [9.17, 15) is 13.6 Å². The van der Waals surface area contributed by atoms with Crippen molar-refractivity contribution in [3.8, 4) is 11.1 Å². The first kappa shape index (κ1) is 13.4. The second-order valence-corrected chi connectivity index (χ2v) is 4.65. The second-order valence-electron chi connectivity index (χ2n) is 4.65. The van der Waals surface area contributed by atoms with Gasteiger partial charge in [-0.2, -0.15) is 0 Å². The summed E-state index contributed by atoms with van der Waals surface area (Å²) >= 11 is 0. The quantitative estimate of drug-likeness (QED) is 0.724. The molecule has 3 rings (SSSR count). The monoisotopic (exact) mass is 286 g/mol. The molecule has 106 valence electrons. The molecule has 0 saturated heterocycles. The highest BCUT2D eigenvalue weighted by Gasteiger charge is 2.18. The lowest BCUT2D eigenvalue weighted by atomic mass is 10.0. The van der Waals surface area contributed by atoms with Crippen molar-refractivity contribution >= 4 is 10.9 Å². The predicted molar refractivity (Wildman–Crippen MR) is 77.0 cm³/mol. The second kappa shape index (κ2) is 5.09. The fraction of sp³-hybridized carbons (Fsp3) is 0.125. The third-order valence-electron chi connectivity index (χ3n) is 3.44. The van der Waals surface area contributed by atoms with Crippen LogP contribution in [-0.4, -0.2) is 9.55 Å². The van der Waals surface area contributed by atoms with Crippen LogP contribution in [0.4, 0.5) is 8.78 Å². The van der Waals surface area contributed by atoms with E-state index in [4.69, 9.17) is 0 Å². The van der Waals surface area contributed by atoms with E-state index >= 15 is 0 Å². The number of aryl methyl sites for hydroxylation is 1. The lowest BCUT2D eigenvalue weighted by molar-refractivity contribution is 0.590. The maximum absolute atomic E-state index is 14.8. The molecule has 0 radical (unpaired) electrons. The Labute approximate surface area is 119 Å². The summed E-state index contributed by atoms with van der Waals surface area (Å²) in [5, 5.41) is 0.0435. The molecule has 0 fully saturated rings. The molecule has 3 nitrogen and oxygen atoms in total. The van der Waals surface area contributed by atoms with Crippen LogP contribution in [0.3, 0.4) is 0 Å². The topological polar surface area (TPSA) is 34.9 Å². The Morgan fingerprint density at radius 3 is 2.76 bits per heavy atom. The molecule has 0 aliphatic rings. The summed E-state index contributed by atoms with van der Waals surface area (Å²) < 4.78 is 30.7. The molecular weight excluding hydrogens is 274 g/mol. The van der Waals surface area contributed by atoms with Crippen molar-refractivity contribution in [2.24, 2.45) is 0 Å². The van der Waals surface area contributed by atoms with Crippen molar-refractivity contribution in [2.75, 3.05) is 0 Å². The van der Waals surface area contributed by atoms with Crippen molar-refractivity contribution in [1.82, 2.24) is 9.55 Å². The maximum atomic E-state index is 14.8. The molecule has 0 amide bonds. The van der Waals surface area contributed by atoms with Crippen molar-refractivity contribution in [3.63, 3.8) is 0 Å². The van der Waals surface area contributed by atoms with Gasteiger partial charge in [0.15, 0.2) is 11.2 Å².